The molecule has 0 spiro atoms. The average Bonchev–Trinajstić information content (AvgIpc) is 3.25. The Morgan fingerprint density at radius 3 is 2.59 bits per heavy atom. The van der Waals surface area contributed by atoms with E-state index >= 15 is 0 Å². The highest BCUT2D eigenvalue weighted by Gasteiger charge is 2.37. The minimum absolute atomic E-state index is 0. The Kier molecular flexibility index (Phi) is 4.42. The van der Waals surface area contributed by atoms with Crippen LogP contribution in [0.15, 0.2) is 48.5 Å². The number of aryl methyl sites for hydroxylation is 1. The van der Waals surface area contributed by atoms with Gasteiger partial charge in [0.1, 0.15) is 0 Å². The third kappa shape index (κ3) is 2.99. The number of halogens is 1. The van der Waals surface area contributed by atoms with Crippen molar-refractivity contribution in [1.29, 1.82) is 0 Å². The molecular formula is C19H23ClN2. The maximum Gasteiger partial charge on any atom is 0.0360 e. The number of nitrogens with two attached hydrogens (primary N) is 1. The standard InChI is InChI=1S/C19H22N2.ClH/c20-16-6-3-4-14(12-16)13-21(17-9-10-17)19-11-8-15-5-1-2-7-18(15)19;/h1-7,12,17,19H,8-11,13,20H2;1H. The maximum absolute atomic E-state index is 5.94. The molecule has 0 radical (unpaired) electrons. The highest BCUT2D eigenvalue weighted by atomic mass is 35.5. The highest BCUT2D eigenvalue weighted by molar-refractivity contribution is 5.85. The lowest BCUT2D eigenvalue weighted by Crippen LogP contribution is -2.29. The topological polar surface area (TPSA) is 29.3 Å². The number of nitrogens with zero attached hydrogens (tertiary/aromatic N) is 1. The van der Waals surface area contributed by atoms with Crippen LogP contribution >= 0.6 is 12.4 Å². The third-order valence-electron chi connectivity index (χ3n) is 4.83. The molecule has 2 nitrogen and oxygen atoms in total. The minimum atomic E-state index is 0. The van der Waals surface area contributed by atoms with Crippen LogP contribution in [0.2, 0.25) is 0 Å². The summed E-state index contributed by atoms with van der Waals surface area (Å²) in [6, 6.07) is 18.7. The molecule has 0 amide bonds. The number of anilines is 1. The summed E-state index contributed by atoms with van der Waals surface area (Å²) in [5, 5.41) is 0. The molecule has 1 fully saturated rings. The van der Waals surface area contributed by atoms with E-state index in [-0.39, 0.29) is 12.4 Å². The van der Waals surface area contributed by atoms with Gasteiger partial charge in [-0.2, -0.15) is 0 Å². The fourth-order valence-electron chi connectivity index (χ4n) is 3.68. The van der Waals surface area contributed by atoms with E-state index in [9.17, 15) is 0 Å². The molecular weight excluding hydrogens is 292 g/mol. The van der Waals surface area contributed by atoms with Crippen LogP contribution in [-0.4, -0.2) is 10.9 Å². The van der Waals surface area contributed by atoms with Crippen LogP contribution in [0.3, 0.4) is 0 Å². The Morgan fingerprint density at radius 2 is 1.82 bits per heavy atom. The average molecular weight is 315 g/mol. The quantitative estimate of drug-likeness (QED) is 0.850. The number of hydrogen-bond acceptors (Lipinski definition) is 2. The van der Waals surface area contributed by atoms with Crippen LogP contribution in [0.25, 0.3) is 0 Å². The van der Waals surface area contributed by atoms with Crippen LogP contribution in [0.1, 0.15) is 42.0 Å². The van der Waals surface area contributed by atoms with Crippen molar-refractivity contribution in [2.45, 2.75) is 44.3 Å². The van der Waals surface area contributed by atoms with E-state index in [1.807, 2.05) is 6.07 Å². The first kappa shape index (κ1) is 15.4. The van der Waals surface area contributed by atoms with Gasteiger partial charge in [0, 0.05) is 24.3 Å². The van der Waals surface area contributed by atoms with Crippen molar-refractivity contribution in [2.24, 2.45) is 0 Å². The smallest absolute Gasteiger partial charge is 0.0360 e. The molecule has 0 bridgehead atoms. The van der Waals surface area contributed by atoms with Gasteiger partial charge in [-0.15, -0.1) is 12.4 Å². The number of nitrogen functional groups attached to an aromatic ring is 1. The zero-order valence-electron chi connectivity index (χ0n) is 12.7. The van der Waals surface area contributed by atoms with Crippen LogP contribution in [0.5, 0.6) is 0 Å². The maximum atomic E-state index is 5.94. The van der Waals surface area contributed by atoms with Gasteiger partial charge in [-0.1, -0.05) is 36.4 Å². The summed E-state index contributed by atoms with van der Waals surface area (Å²) in [6.07, 6.45) is 5.18. The molecule has 2 aliphatic rings. The van der Waals surface area contributed by atoms with E-state index < -0.39 is 0 Å². The van der Waals surface area contributed by atoms with Crippen molar-refractivity contribution >= 4 is 18.1 Å². The Bertz CT molecular complexity index is 651. The van der Waals surface area contributed by atoms with E-state index in [1.54, 1.807) is 11.1 Å². The molecule has 1 atom stereocenters. The summed E-state index contributed by atoms with van der Waals surface area (Å²) < 4.78 is 0. The SMILES string of the molecule is Cl.Nc1cccc(CN(C2CC2)C2CCc3ccccc32)c1. The second-order valence-corrected chi connectivity index (χ2v) is 6.40. The highest BCUT2D eigenvalue weighted by Crippen LogP contribution is 2.42. The largest absolute Gasteiger partial charge is 0.399 e. The molecule has 0 heterocycles. The Hall–Kier alpha value is -1.51. The van der Waals surface area contributed by atoms with E-state index in [0.717, 1.165) is 18.3 Å². The molecule has 22 heavy (non-hydrogen) atoms. The van der Waals surface area contributed by atoms with Gasteiger partial charge in [-0.3, -0.25) is 4.90 Å². The van der Waals surface area contributed by atoms with E-state index in [0.29, 0.717) is 6.04 Å². The zero-order chi connectivity index (χ0) is 14.2. The minimum Gasteiger partial charge on any atom is -0.399 e. The summed E-state index contributed by atoms with van der Waals surface area (Å²) in [6.45, 7) is 1.02. The van der Waals surface area contributed by atoms with Crippen LogP contribution in [0.4, 0.5) is 5.69 Å². The molecule has 1 unspecified atom stereocenters. The summed E-state index contributed by atoms with van der Waals surface area (Å²) in [5.74, 6) is 0. The van der Waals surface area contributed by atoms with Gasteiger partial charge in [0.25, 0.3) is 0 Å². The van der Waals surface area contributed by atoms with Crippen molar-refractivity contribution in [1.82, 2.24) is 4.90 Å². The second-order valence-electron chi connectivity index (χ2n) is 6.40. The van der Waals surface area contributed by atoms with E-state index in [2.05, 4.69) is 47.4 Å². The summed E-state index contributed by atoms with van der Waals surface area (Å²) in [4.78, 5) is 2.71. The zero-order valence-corrected chi connectivity index (χ0v) is 13.6. The lowest BCUT2D eigenvalue weighted by Gasteiger charge is -2.30. The number of rotatable bonds is 4. The number of benzene rings is 2. The van der Waals surface area contributed by atoms with Crippen molar-refractivity contribution in [3.8, 4) is 0 Å². The molecule has 2 aliphatic carbocycles. The monoisotopic (exact) mass is 314 g/mol. The second kappa shape index (κ2) is 6.31. The molecule has 2 aromatic carbocycles. The molecule has 116 valence electrons. The van der Waals surface area contributed by atoms with Gasteiger partial charge in [-0.25, -0.2) is 0 Å². The molecule has 0 saturated heterocycles. The predicted octanol–water partition coefficient (Wildman–Crippen LogP) is 4.34. The molecule has 4 rings (SSSR count). The molecule has 0 aliphatic heterocycles. The van der Waals surface area contributed by atoms with Gasteiger partial charge in [0.05, 0.1) is 0 Å². The van der Waals surface area contributed by atoms with Crippen molar-refractivity contribution in [3.05, 3.63) is 65.2 Å². The van der Waals surface area contributed by atoms with Crippen molar-refractivity contribution < 1.29 is 0 Å². The fraction of sp³-hybridized carbons (Fsp3) is 0.368. The van der Waals surface area contributed by atoms with Gasteiger partial charge in [0.15, 0.2) is 0 Å². The Balaban J connectivity index is 0.00000144. The molecule has 2 aromatic rings. The van der Waals surface area contributed by atoms with Crippen LogP contribution in [0, 0.1) is 0 Å². The van der Waals surface area contributed by atoms with Crippen LogP contribution < -0.4 is 5.73 Å². The molecule has 1 saturated carbocycles. The van der Waals surface area contributed by atoms with Gasteiger partial charge >= 0.3 is 0 Å². The summed E-state index contributed by atoms with van der Waals surface area (Å²) in [5.41, 5.74) is 11.2. The van der Waals surface area contributed by atoms with Crippen molar-refractivity contribution in [2.75, 3.05) is 5.73 Å². The molecule has 3 heteroatoms. The van der Waals surface area contributed by atoms with E-state index in [1.165, 1.54) is 31.2 Å². The first-order chi connectivity index (χ1) is 10.3. The summed E-state index contributed by atoms with van der Waals surface area (Å²) in [7, 11) is 0. The Morgan fingerprint density at radius 1 is 1.00 bits per heavy atom. The Labute approximate surface area is 138 Å². The number of hydrogen-bond donors (Lipinski definition) is 1. The van der Waals surface area contributed by atoms with Gasteiger partial charge < -0.3 is 5.73 Å². The molecule has 2 N–H and O–H groups in total. The lowest BCUT2D eigenvalue weighted by molar-refractivity contribution is 0.177. The van der Waals surface area contributed by atoms with Gasteiger partial charge in [0.2, 0.25) is 0 Å². The first-order valence-electron chi connectivity index (χ1n) is 7.99. The number of fused-ring (bicyclic) bond motifs is 1. The van der Waals surface area contributed by atoms with Crippen molar-refractivity contribution in [3.63, 3.8) is 0 Å². The fourth-order valence-corrected chi connectivity index (χ4v) is 3.68. The lowest BCUT2D eigenvalue weighted by atomic mass is 10.1. The summed E-state index contributed by atoms with van der Waals surface area (Å²) >= 11 is 0. The molecule has 0 aromatic heterocycles. The van der Waals surface area contributed by atoms with E-state index in [4.69, 9.17) is 5.73 Å². The first-order valence-corrected chi connectivity index (χ1v) is 7.99. The van der Waals surface area contributed by atoms with Crippen LogP contribution in [-0.2, 0) is 13.0 Å². The third-order valence-corrected chi connectivity index (χ3v) is 4.83. The normalized spacial score (nSPS) is 19.8. The predicted molar refractivity (Wildman–Crippen MR) is 94.2 cm³/mol. The van der Waals surface area contributed by atoms with Gasteiger partial charge in [-0.05, 0) is 54.5 Å².